The first-order valence-corrected chi connectivity index (χ1v) is 4.12. The topological polar surface area (TPSA) is 0 Å². The van der Waals surface area contributed by atoms with Gasteiger partial charge in [0.05, 0.1) is 0 Å². The fourth-order valence-corrected chi connectivity index (χ4v) is 0.867. The summed E-state index contributed by atoms with van der Waals surface area (Å²) in [6, 6.07) is 0. The molecule has 1 unspecified atom stereocenters. The second-order valence-electron chi connectivity index (χ2n) is 2.52. The molecule has 0 bridgehead atoms. The molecule has 0 spiro atoms. The minimum atomic E-state index is 0.683. The molecule has 0 heteroatoms. The molecule has 1 atom stereocenters. The highest BCUT2D eigenvalue weighted by Gasteiger charge is 1.95. The highest BCUT2D eigenvalue weighted by Crippen LogP contribution is 2.09. The van der Waals surface area contributed by atoms with Gasteiger partial charge >= 0.3 is 0 Å². The van der Waals surface area contributed by atoms with E-state index < -0.39 is 0 Å². The van der Waals surface area contributed by atoms with Crippen LogP contribution in [0.3, 0.4) is 0 Å². The Labute approximate surface area is 64.6 Å². The van der Waals surface area contributed by atoms with Gasteiger partial charge in [-0.05, 0) is 25.2 Å². The normalized spacial score (nSPS) is 13.8. The van der Waals surface area contributed by atoms with Crippen molar-refractivity contribution in [3.05, 3.63) is 24.8 Å². The van der Waals surface area contributed by atoms with Gasteiger partial charge in [-0.15, -0.1) is 6.58 Å². The SMILES string of the molecule is C=CC(CC)CC=CCC. The van der Waals surface area contributed by atoms with Crippen molar-refractivity contribution < 1.29 is 0 Å². The fourth-order valence-electron chi connectivity index (χ4n) is 0.867. The van der Waals surface area contributed by atoms with Crippen molar-refractivity contribution in [1.29, 1.82) is 0 Å². The van der Waals surface area contributed by atoms with E-state index in [2.05, 4.69) is 32.6 Å². The Balaban J connectivity index is 3.43. The number of rotatable bonds is 5. The van der Waals surface area contributed by atoms with Crippen LogP contribution in [0.5, 0.6) is 0 Å². The number of hydrogen-bond acceptors (Lipinski definition) is 0. The summed E-state index contributed by atoms with van der Waals surface area (Å²) >= 11 is 0. The monoisotopic (exact) mass is 138 g/mol. The minimum absolute atomic E-state index is 0.683. The average Bonchev–Trinajstić information content (AvgIpc) is 1.99. The van der Waals surface area contributed by atoms with Gasteiger partial charge in [0, 0.05) is 0 Å². The van der Waals surface area contributed by atoms with Crippen LogP contribution in [0.2, 0.25) is 0 Å². The van der Waals surface area contributed by atoms with Crippen LogP contribution in [-0.2, 0) is 0 Å². The zero-order chi connectivity index (χ0) is 7.82. The predicted octanol–water partition coefficient (Wildman–Crippen LogP) is 3.55. The second-order valence-corrected chi connectivity index (χ2v) is 2.52. The lowest BCUT2D eigenvalue weighted by Gasteiger charge is -2.03. The predicted molar refractivity (Wildman–Crippen MR) is 48.0 cm³/mol. The molecule has 0 saturated carbocycles. The van der Waals surface area contributed by atoms with E-state index in [-0.39, 0.29) is 0 Å². The number of hydrogen-bond donors (Lipinski definition) is 0. The molecular formula is C10H18. The fraction of sp³-hybridized carbons (Fsp3) is 0.600. The standard InChI is InChI=1S/C10H18/c1-4-7-8-9-10(5-2)6-3/h5,7-8,10H,2,4,6,9H2,1,3H3. The maximum atomic E-state index is 3.78. The molecule has 0 aliphatic carbocycles. The lowest BCUT2D eigenvalue weighted by molar-refractivity contribution is 0.639. The molecule has 58 valence electrons. The first-order valence-electron chi connectivity index (χ1n) is 4.12. The lowest BCUT2D eigenvalue weighted by atomic mass is 10.0. The summed E-state index contributed by atoms with van der Waals surface area (Å²) in [6.45, 7) is 8.14. The van der Waals surface area contributed by atoms with Crippen LogP contribution < -0.4 is 0 Å². The summed E-state index contributed by atoms with van der Waals surface area (Å²) in [4.78, 5) is 0. The van der Waals surface area contributed by atoms with Gasteiger partial charge in [-0.1, -0.05) is 32.1 Å². The molecule has 0 aromatic carbocycles. The Hall–Kier alpha value is -0.520. The summed E-state index contributed by atoms with van der Waals surface area (Å²) in [7, 11) is 0. The Morgan fingerprint density at radius 3 is 2.40 bits per heavy atom. The molecule has 0 aromatic heterocycles. The van der Waals surface area contributed by atoms with Crippen molar-refractivity contribution in [2.24, 2.45) is 5.92 Å². The van der Waals surface area contributed by atoms with Crippen LogP contribution in [0, 0.1) is 5.92 Å². The first kappa shape index (κ1) is 9.48. The molecule has 10 heavy (non-hydrogen) atoms. The largest absolute Gasteiger partial charge is 0.103 e. The van der Waals surface area contributed by atoms with Gasteiger partial charge in [0.25, 0.3) is 0 Å². The van der Waals surface area contributed by atoms with E-state index in [1.165, 1.54) is 6.42 Å². The van der Waals surface area contributed by atoms with E-state index >= 15 is 0 Å². The van der Waals surface area contributed by atoms with Gasteiger partial charge in [-0.25, -0.2) is 0 Å². The Morgan fingerprint density at radius 1 is 1.30 bits per heavy atom. The maximum absolute atomic E-state index is 3.78. The molecule has 0 rings (SSSR count). The summed E-state index contributed by atoms with van der Waals surface area (Å²) in [5.41, 5.74) is 0. The maximum Gasteiger partial charge on any atom is -0.0204 e. The van der Waals surface area contributed by atoms with E-state index in [0.717, 1.165) is 12.8 Å². The van der Waals surface area contributed by atoms with Gasteiger partial charge in [-0.2, -0.15) is 0 Å². The van der Waals surface area contributed by atoms with Crippen LogP contribution in [0.15, 0.2) is 24.8 Å². The minimum Gasteiger partial charge on any atom is -0.103 e. The summed E-state index contributed by atoms with van der Waals surface area (Å²) in [6.07, 6.45) is 10.0. The molecule has 0 aliphatic rings. The van der Waals surface area contributed by atoms with Gasteiger partial charge in [-0.3, -0.25) is 0 Å². The zero-order valence-electron chi connectivity index (χ0n) is 7.14. The Kier molecular flexibility index (Phi) is 6.25. The van der Waals surface area contributed by atoms with Crippen molar-refractivity contribution in [2.45, 2.75) is 33.1 Å². The second kappa shape index (κ2) is 6.60. The van der Waals surface area contributed by atoms with E-state index in [9.17, 15) is 0 Å². The van der Waals surface area contributed by atoms with Crippen LogP contribution in [0.1, 0.15) is 33.1 Å². The van der Waals surface area contributed by atoms with Crippen molar-refractivity contribution in [1.82, 2.24) is 0 Å². The molecule has 0 fully saturated rings. The smallest absolute Gasteiger partial charge is 0.0204 e. The van der Waals surface area contributed by atoms with Gasteiger partial charge in [0.2, 0.25) is 0 Å². The molecule has 0 amide bonds. The molecule has 0 aliphatic heterocycles. The van der Waals surface area contributed by atoms with Crippen molar-refractivity contribution >= 4 is 0 Å². The van der Waals surface area contributed by atoms with Gasteiger partial charge in [0.1, 0.15) is 0 Å². The van der Waals surface area contributed by atoms with Gasteiger partial charge in [0.15, 0.2) is 0 Å². The molecule has 0 saturated heterocycles. The molecule has 0 N–H and O–H groups in total. The Morgan fingerprint density at radius 2 is 2.00 bits per heavy atom. The molecule has 0 heterocycles. The van der Waals surface area contributed by atoms with Crippen LogP contribution >= 0.6 is 0 Å². The third kappa shape index (κ3) is 4.37. The third-order valence-corrected chi connectivity index (χ3v) is 1.70. The Bertz CT molecular complexity index is 101. The van der Waals surface area contributed by atoms with Crippen molar-refractivity contribution in [3.8, 4) is 0 Å². The first-order chi connectivity index (χ1) is 4.85. The summed E-state index contributed by atoms with van der Waals surface area (Å²) < 4.78 is 0. The zero-order valence-corrected chi connectivity index (χ0v) is 7.14. The van der Waals surface area contributed by atoms with Crippen molar-refractivity contribution in [3.63, 3.8) is 0 Å². The highest BCUT2D eigenvalue weighted by molar-refractivity contribution is 4.88. The third-order valence-electron chi connectivity index (χ3n) is 1.70. The van der Waals surface area contributed by atoms with E-state index in [4.69, 9.17) is 0 Å². The van der Waals surface area contributed by atoms with Crippen LogP contribution in [0.4, 0.5) is 0 Å². The van der Waals surface area contributed by atoms with Crippen LogP contribution in [-0.4, -0.2) is 0 Å². The van der Waals surface area contributed by atoms with E-state index in [1.807, 2.05) is 6.08 Å². The van der Waals surface area contributed by atoms with Crippen LogP contribution in [0.25, 0.3) is 0 Å². The summed E-state index contributed by atoms with van der Waals surface area (Å²) in [5.74, 6) is 0.683. The summed E-state index contributed by atoms with van der Waals surface area (Å²) in [5, 5.41) is 0. The quantitative estimate of drug-likeness (QED) is 0.510. The van der Waals surface area contributed by atoms with E-state index in [1.54, 1.807) is 0 Å². The van der Waals surface area contributed by atoms with E-state index in [0.29, 0.717) is 5.92 Å². The molecule has 0 radical (unpaired) electrons. The highest BCUT2D eigenvalue weighted by atomic mass is 14.0. The number of allylic oxidation sites excluding steroid dienone is 3. The molecular weight excluding hydrogens is 120 g/mol. The van der Waals surface area contributed by atoms with Gasteiger partial charge < -0.3 is 0 Å². The molecule has 0 nitrogen and oxygen atoms in total. The van der Waals surface area contributed by atoms with Crippen molar-refractivity contribution in [2.75, 3.05) is 0 Å². The average molecular weight is 138 g/mol. The lowest BCUT2D eigenvalue weighted by Crippen LogP contribution is -1.89. The molecule has 0 aromatic rings.